The fourth-order valence-electron chi connectivity index (χ4n) is 2.82. The highest BCUT2D eigenvalue weighted by Crippen LogP contribution is 2.23. The molecule has 1 aromatic rings. The number of nitrogens with one attached hydrogen (secondary N) is 1. The predicted octanol–water partition coefficient (Wildman–Crippen LogP) is 2.73. The van der Waals surface area contributed by atoms with Crippen molar-refractivity contribution in [3.05, 3.63) is 23.8 Å². The summed E-state index contributed by atoms with van der Waals surface area (Å²) in [5.74, 6) is 0.772. The van der Waals surface area contributed by atoms with Crippen molar-refractivity contribution in [2.24, 2.45) is 0 Å². The zero-order chi connectivity index (χ0) is 16.1. The molecule has 1 fully saturated rings. The molecule has 2 rings (SSSR count). The third kappa shape index (κ3) is 3.59. The summed E-state index contributed by atoms with van der Waals surface area (Å²) in [4.78, 5) is 26.0. The average molecular weight is 304 g/mol. The third-order valence-corrected chi connectivity index (χ3v) is 3.92. The van der Waals surface area contributed by atoms with E-state index in [1.807, 2.05) is 39.0 Å². The summed E-state index contributed by atoms with van der Waals surface area (Å²) in [5, 5.41) is 2.91. The summed E-state index contributed by atoms with van der Waals surface area (Å²) in [6.45, 7) is 7.10. The van der Waals surface area contributed by atoms with E-state index in [0.717, 1.165) is 23.4 Å². The number of carbonyl (C=O) groups excluding carboxylic acids is 2. The lowest BCUT2D eigenvalue weighted by Gasteiger charge is -2.25. The normalized spacial score (nSPS) is 15.8. The van der Waals surface area contributed by atoms with Gasteiger partial charge in [0.1, 0.15) is 11.8 Å². The number of rotatable bonds is 6. The maximum atomic E-state index is 12.5. The van der Waals surface area contributed by atoms with Crippen LogP contribution in [-0.4, -0.2) is 35.9 Å². The lowest BCUT2D eigenvalue weighted by molar-refractivity contribution is -0.135. The molecule has 0 radical (unpaired) electrons. The zero-order valence-corrected chi connectivity index (χ0v) is 13.5. The van der Waals surface area contributed by atoms with Gasteiger partial charge in [0.2, 0.25) is 11.8 Å². The number of aryl methyl sites for hydroxylation is 1. The molecule has 5 nitrogen and oxygen atoms in total. The molecule has 1 heterocycles. The van der Waals surface area contributed by atoms with Gasteiger partial charge in [0, 0.05) is 18.7 Å². The topological polar surface area (TPSA) is 58.6 Å². The van der Waals surface area contributed by atoms with Crippen LogP contribution >= 0.6 is 0 Å². The monoisotopic (exact) mass is 304 g/mol. The van der Waals surface area contributed by atoms with Gasteiger partial charge in [-0.25, -0.2) is 0 Å². The van der Waals surface area contributed by atoms with Crippen molar-refractivity contribution in [1.82, 2.24) is 4.90 Å². The van der Waals surface area contributed by atoms with Crippen molar-refractivity contribution in [3.63, 3.8) is 0 Å². The second-order valence-corrected chi connectivity index (χ2v) is 5.52. The van der Waals surface area contributed by atoms with Crippen molar-refractivity contribution in [2.45, 2.75) is 46.1 Å². The quantitative estimate of drug-likeness (QED) is 0.879. The van der Waals surface area contributed by atoms with E-state index in [1.54, 1.807) is 4.90 Å². The SMILES string of the molecule is CCOc1ccc(NC(=O)[C@H](CC)N2CCCC2=O)cc1C. The Balaban J connectivity index is 2.07. The molecule has 1 atom stereocenters. The fraction of sp³-hybridized carbons (Fsp3) is 0.529. The van der Waals surface area contributed by atoms with Crippen molar-refractivity contribution in [2.75, 3.05) is 18.5 Å². The summed E-state index contributed by atoms with van der Waals surface area (Å²) in [5.41, 5.74) is 1.71. The minimum absolute atomic E-state index is 0.0740. The second-order valence-electron chi connectivity index (χ2n) is 5.52. The molecule has 0 unspecified atom stereocenters. The minimum Gasteiger partial charge on any atom is -0.494 e. The number of carbonyl (C=O) groups is 2. The van der Waals surface area contributed by atoms with Gasteiger partial charge in [0.15, 0.2) is 0 Å². The number of amides is 2. The average Bonchev–Trinajstić information content (AvgIpc) is 2.89. The molecule has 0 aliphatic carbocycles. The number of nitrogens with zero attached hydrogens (tertiary/aromatic N) is 1. The van der Waals surface area contributed by atoms with Gasteiger partial charge in [0.05, 0.1) is 6.61 Å². The molecule has 1 N–H and O–H groups in total. The first-order valence-electron chi connectivity index (χ1n) is 7.90. The van der Waals surface area contributed by atoms with E-state index in [-0.39, 0.29) is 17.9 Å². The Morgan fingerprint density at radius 2 is 2.18 bits per heavy atom. The van der Waals surface area contributed by atoms with Gasteiger partial charge >= 0.3 is 0 Å². The van der Waals surface area contributed by atoms with Crippen LogP contribution in [-0.2, 0) is 9.59 Å². The van der Waals surface area contributed by atoms with Crippen molar-refractivity contribution >= 4 is 17.5 Å². The number of ether oxygens (including phenoxy) is 1. The van der Waals surface area contributed by atoms with E-state index < -0.39 is 0 Å². The molecule has 120 valence electrons. The van der Waals surface area contributed by atoms with Crippen LogP contribution in [0.15, 0.2) is 18.2 Å². The van der Waals surface area contributed by atoms with Crippen LogP contribution < -0.4 is 10.1 Å². The van der Waals surface area contributed by atoms with E-state index in [0.29, 0.717) is 26.0 Å². The number of hydrogen-bond acceptors (Lipinski definition) is 3. The van der Waals surface area contributed by atoms with Gasteiger partial charge in [-0.1, -0.05) is 6.92 Å². The molecular formula is C17H24N2O3. The van der Waals surface area contributed by atoms with E-state index >= 15 is 0 Å². The Hall–Kier alpha value is -2.04. The van der Waals surface area contributed by atoms with E-state index in [2.05, 4.69) is 5.32 Å². The van der Waals surface area contributed by atoms with Crippen LogP contribution in [0, 0.1) is 6.92 Å². The molecule has 0 saturated carbocycles. The second kappa shape index (κ2) is 7.29. The van der Waals surface area contributed by atoms with Crippen LogP contribution in [0.5, 0.6) is 5.75 Å². The summed E-state index contributed by atoms with van der Waals surface area (Å²) in [6.07, 6.45) is 2.00. The van der Waals surface area contributed by atoms with Crippen LogP contribution in [0.3, 0.4) is 0 Å². The highest BCUT2D eigenvalue weighted by Gasteiger charge is 2.31. The van der Waals surface area contributed by atoms with Gasteiger partial charge in [-0.2, -0.15) is 0 Å². The predicted molar refractivity (Wildman–Crippen MR) is 86.0 cm³/mol. The highest BCUT2D eigenvalue weighted by atomic mass is 16.5. The molecular weight excluding hydrogens is 280 g/mol. The molecule has 1 aliphatic rings. The molecule has 0 aromatic heterocycles. The van der Waals surface area contributed by atoms with Gasteiger partial charge in [0.25, 0.3) is 0 Å². The largest absolute Gasteiger partial charge is 0.494 e. The first-order valence-corrected chi connectivity index (χ1v) is 7.90. The maximum absolute atomic E-state index is 12.5. The lowest BCUT2D eigenvalue weighted by Crippen LogP contribution is -2.44. The molecule has 0 bridgehead atoms. The van der Waals surface area contributed by atoms with Crippen LogP contribution in [0.4, 0.5) is 5.69 Å². The zero-order valence-electron chi connectivity index (χ0n) is 13.5. The number of benzene rings is 1. The molecule has 5 heteroatoms. The Morgan fingerprint density at radius 3 is 2.73 bits per heavy atom. The molecule has 0 spiro atoms. The Bertz CT molecular complexity index is 557. The maximum Gasteiger partial charge on any atom is 0.247 e. The van der Waals surface area contributed by atoms with E-state index in [9.17, 15) is 9.59 Å². The summed E-state index contributed by atoms with van der Waals surface area (Å²) < 4.78 is 5.49. The molecule has 22 heavy (non-hydrogen) atoms. The third-order valence-electron chi connectivity index (χ3n) is 3.92. The van der Waals surface area contributed by atoms with Gasteiger partial charge in [-0.15, -0.1) is 0 Å². The molecule has 1 aliphatic heterocycles. The standard InChI is InChI=1S/C17H24N2O3/c1-4-14(19-10-6-7-16(19)20)17(21)18-13-8-9-15(22-5-2)12(3)11-13/h8-9,11,14H,4-7,10H2,1-3H3,(H,18,21)/t14-/m0/s1. The number of likely N-dealkylation sites (tertiary alicyclic amines) is 1. The number of anilines is 1. The van der Waals surface area contributed by atoms with E-state index in [1.165, 1.54) is 0 Å². The lowest BCUT2D eigenvalue weighted by atomic mass is 10.1. The van der Waals surface area contributed by atoms with Gasteiger partial charge < -0.3 is 15.0 Å². The Labute approximate surface area is 131 Å². The number of hydrogen-bond donors (Lipinski definition) is 1. The van der Waals surface area contributed by atoms with Crippen LogP contribution in [0.1, 0.15) is 38.7 Å². The summed E-state index contributed by atoms with van der Waals surface area (Å²) in [7, 11) is 0. The Kier molecular flexibility index (Phi) is 5.41. The summed E-state index contributed by atoms with van der Waals surface area (Å²) in [6, 6.07) is 5.19. The van der Waals surface area contributed by atoms with Gasteiger partial charge in [-0.05, 0) is 50.5 Å². The van der Waals surface area contributed by atoms with E-state index in [4.69, 9.17) is 4.74 Å². The molecule has 2 amide bonds. The highest BCUT2D eigenvalue weighted by molar-refractivity contribution is 5.97. The van der Waals surface area contributed by atoms with Gasteiger partial charge in [-0.3, -0.25) is 9.59 Å². The molecule has 1 aromatic carbocycles. The van der Waals surface area contributed by atoms with Crippen LogP contribution in [0.2, 0.25) is 0 Å². The Morgan fingerprint density at radius 1 is 1.41 bits per heavy atom. The fourth-order valence-corrected chi connectivity index (χ4v) is 2.82. The smallest absolute Gasteiger partial charge is 0.247 e. The van der Waals surface area contributed by atoms with Crippen molar-refractivity contribution in [3.8, 4) is 5.75 Å². The first kappa shape index (κ1) is 16.3. The van der Waals surface area contributed by atoms with Crippen molar-refractivity contribution in [1.29, 1.82) is 0 Å². The first-order chi connectivity index (χ1) is 10.6. The summed E-state index contributed by atoms with van der Waals surface area (Å²) >= 11 is 0. The van der Waals surface area contributed by atoms with Crippen LogP contribution in [0.25, 0.3) is 0 Å². The molecule has 1 saturated heterocycles. The van der Waals surface area contributed by atoms with Crippen molar-refractivity contribution < 1.29 is 14.3 Å². The minimum atomic E-state index is -0.387.